The Morgan fingerprint density at radius 1 is 0.968 bits per heavy atom. The van der Waals surface area contributed by atoms with Crippen LogP contribution in [0.25, 0.3) is 16.9 Å². The number of halogens is 1. The summed E-state index contributed by atoms with van der Waals surface area (Å²) in [5.74, 6) is -0.460. The molecule has 2 saturated heterocycles. The number of likely N-dealkylation sites (tertiary alicyclic amines) is 1. The summed E-state index contributed by atoms with van der Waals surface area (Å²) in [5, 5.41) is 0.646. The van der Waals surface area contributed by atoms with Gasteiger partial charge in [-0.3, -0.25) is 4.79 Å². The van der Waals surface area contributed by atoms with Gasteiger partial charge in [0.15, 0.2) is 5.79 Å². The second-order valence-electron chi connectivity index (χ2n) is 8.08. The Morgan fingerprint density at radius 2 is 1.61 bits per heavy atom. The molecule has 0 bridgehead atoms. The SMILES string of the molecule is Cc1c(C(=O)N2CCC3(CC2)OCCO3)cc(-c2ccccc2)n1-c1ccccc1Cl. The average Bonchev–Trinajstić information content (AvgIpc) is 3.39. The Balaban J connectivity index is 1.52. The lowest BCUT2D eigenvalue weighted by atomic mass is 10.0. The van der Waals surface area contributed by atoms with E-state index in [4.69, 9.17) is 21.1 Å². The molecule has 1 spiro atoms. The molecule has 2 fully saturated rings. The number of nitrogens with zero attached hydrogens (tertiary/aromatic N) is 2. The third-order valence-corrected chi connectivity index (χ3v) is 6.59. The van der Waals surface area contributed by atoms with Crippen LogP contribution in [0, 0.1) is 6.92 Å². The zero-order valence-corrected chi connectivity index (χ0v) is 18.3. The molecule has 0 saturated carbocycles. The third-order valence-electron chi connectivity index (χ3n) is 6.27. The van der Waals surface area contributed by atoms with E-state index in [0.717, 1.165) is 22.6 Å². The van der Waals surface area contributed by atoms with Crippen molar-refractivity contribution in [2.24, 2.45) is 0 Å². The molecule has 0 radical (unpaired) electrons. The maximum Gasteiger partial charge on any atom is 0.255 e. The summed E-state index contributed by atoms with van der Waals surface area (Å²) in [5.41, 5.74) is 4.43. The summed E-state index contributed by atoms with van der Waals surface area (Å²) in [7, 11) is 0. The van der Waals surface area contributed by atoms with Gasteiger partial charge in [0.05, 0.1) is 35.2 Å². The number of para-hydroxylation sites is 1. The fourth-order valence-electron chi connectivity index (χ4n) is 4.59. The minimum atomic E-state index is -0.496. The smallest absolute Gasteiger partial charge is 0.255 e. The van der Waals surface area contributed by atoms with E-state index in [2.05, 4.69) is 16.7 Å². The third kappa shape index (κ3) is 3.67. The molecule has 2 aromatic carbocycles. The number of hydrogen-bond acceptors (Lipinski definition) is 3. The number of carbonyl (C=O) groups is 1. The maximum absolute atomic E-state index is 13.5. The van der Waals surface area contributed by atoms with Crippen molar-refractivity contribution in [3.05, 3.63) is 76.9 Å². The number of carbonyl (C=O) groups excluding carboxylic acids is 1. The van der Waals surface area contributed by atoms with Gasteiger partial charge in [-0.25, -0.2) is 0 Å². The van der Waals surface area contributed by atoms with Crippen LogP contribution < -0.4 is 0 Å². The molecule has 5 rings (SSSR count). The summed E-state index contributed by atoms with van der Waals surface area (Å²) in [6.07, 6.45) is 1.41. The van der Waals surface area contributed by atoms with Crippen molar-refractivity contribution in [3.63, 3.8) is 0 Å². The van der Waals surface area contributed by atoms with Crippen LogP contribution in [0.5, 0.6) is 0 Å². The fraction of sp³-hybridized carbons (Fsp3) is 0.320. The topological polar surface area (TPSA) is 43.7 Å². The predicted octanol–water partition coefficient (Wildman–Crippen LogP) is 5.09. The molecule has 3 aromatic rings. The molecule has 0 atom stereocenters. The van der Waals surface area contributed by atoms with Crippen LogP contribution >= 0.6 is 11.6 Å². The van der Waals surface area contributed by atoms with Gasteiger partial charge in [0.2, 0.25) is 0 Å². The van der Waals surface area contributed by atoms with Crippen molar-refractivity contribution < 1.29 is 14.3 Å². The first-order chi connectivity index (χ1) is 15.1. The average molecular weight is 437 g/mol. The second kappa shape index (κ2) is 8.15. The molecule has 31 heavy (non-hydrogen) atoms. The monoisotopic (exact) mass is 436 g/mol. The van der Waals surface area contributed by atoms with Crippen molar-refractivity contribution in [1.82, 2.24) is 9.47 Å². The zero-order valence-electron chi connectivity index (χ0n) is 17.5. The van der Waals surface area contributed by atoms with Crippen LogP contribution in [0.1, 0.15) is 28.9 Å². The molecule has 1 amide bonds. The number of benzene rings is 2. The lowest BCUT2D eigenvalue weighted by molar-refractivity contribution is -0.181. The highest BCUT2D eigenvalue weighted by Gasteiger charge is 2.41. The van der Waals surface area contributed by atoms with Gasteiger partial charge in [-0.05, 0) is 30.7 Å². The number of piperidine rings is 1. The standard InChI is InChI=1S/C25H25ClN2O3/c1-18-20(24(29)27-13-11-25(12-14-27)30-15-16-31-25)17-23(19-7-3-2-4-8-19)28(18)22-10-6-5-9-21(22)26/h2-10,17H,11-16H2,1H3. The van der Waals surface area contributed by atoms with E-state index < -0.39 is 5.79 Å². The first-order valence-corrected chi connectivity index (χ1v) is 11.1. The Labute approximate surface area is 187 Å². The van der Waals surface area contributed by atoms with Gasteiger partial charge in [0.25, 0.3) is 5.91 Å². The van der Waals surface area contributed by atoms with E-state index >= 15 is 0 Å². The highest BCUT2D eigenvalue weighted by atomic mass is 35.5. The molecular formula is C25H25ClN2O3. The Kier molecular flexibility index (Phi) is 5.34. The predicted molar refractivity (Wildman–Crippen MR) is 121 cm³/mol. The Hall–Kier alpha value is -2.60. The van der Waals surface area contributed by atoms with Gasteiger partial charge < -0.3 is 18.9 Å². The van der Waals surface area contributed by atoms with E-state index in [-0.39, 0.29) is 5.91 Å². The molecule has 3 heterocycles. The first kappa shape index (κ1) is 20.3. The number of ether oxygens (including phenoxy) is 2. The van der Waals surface area contributed by atoms with Gasteiger partial charge in [0.1, 0.15) is 0 Å². The number of amides is 1. The lowest BCUT2D eigenvalue weighted by Crippen LogP contribution is -2.47. The normalized spacial score (nSPS) is 17.9. The minimum absolute atomic E-state index is 0.0355. The second-order valence-corrected chi connectivity index (χ2v) is 8.49. The summed E-state index contributed by atoms with van der Waals surface area (Å²) < 4.78 is 13.7. The highest BCUT2D eigenvalue weighted by molar-refractivity contribution is 6.32. The summed E-state index contributed by atoms with van der Waals surface area (Å²) >= 11 is 6.55. The van der Waals surface area contributed by atoms with Crippen molar-refractivity contribution >= 4 is 17.5 Å². The van der Waals surface area contributed by atoms with Gasteiger partial charge in [0, 0.05) is 31.6 Å². The number of aromatic nitrogens is 1. The van der Waals surface area contributed by atoms with E-state index in [1.807, 2.05) is 60.4 Å². The highest BCUT2D eigenvalue weighted by Crippen LogP contribution is 2.35. The van der Waals surface area contributed by atoms with E-state index in [1.165, 1.54) is 0 Å². The number of hydrogen-bond donors (Lipinski definition) is 0. The van der Waals surface area contributed by atoms with Gasteiger partial charge >= 0.3 is 0 Å². The lowest BCUT2D eigenvalue weighted by Gasteiger charge is -2.37. The fourth-order valence-corrected chi connectivity index (χ4v) is 4.81. The Bertz CT molecular complexity index is 1090. The zero-order chi connectivity index (χ0) is 21.4. The van der Waals surface area contributed by atoms with Crippen molar-refractivity contribution in [2.75, 3.05) is 26.3 Å². The van der Waals surface area contributed by atoms with Gasteiger partial charge in [-0.2, -0.15) is 0 Å². The molecule has 0 aliphatic carbocycles. The van der Waals surface area contributed by atoms with Crippen LogP contribution in [-0.2, 0) is 9.47 Å². The van der Waals surface area contributed by atoms with Crippen LogP contribution in [0.15, 0.2) is 60.7 Å². The molecule has 6 heteroatoms. The molecule has 5 nitrogen and oxygen atoms in total. The van der Waals surface area contributed by atoms with Crippen molar-refractivity contribution in [1.29, 1.82) is 0 Å². The molecule has 2 aliphatic rings. The molecule has 1 aromatic heterocycles. The molecule has 0 N–H and O–H groups in total. The molecule has 0 unspecified atom stereocenters. The quantitative estimate of drug-likeness (QED) is 0.574. The molecular weight excluding hydrogens is 412 g/mol. The van der Waals surface area contributed by atoms with Gasteiger partial charge in [-0.1, -0.05) is 54.1 Å². The largest absolute Gasteiger partial charge is 0.347 e. The van der Waals surface area contributed by atoms with Crippen LogP contribution in [0.2, 0.25) is 5.02 Å². The van der Waals surface area contributed by atoms with Gasteiger partial charge in [-0.15, -0.1) is 0 Å². The van der Waals surface area contributed by atoms with Crippen LogP contribution in [0.4, 0.5) is 0 Å². The van der Waals surface area contributed by atoms with Crippen LogP contribution in [-0.4, -0.2) is 47.5 Å². The summed E-state index contributed by atoms with van der Waals surface area (Å²) in [6.45, 7) is 4.49. The van der Waals surface area contributed by atoms with E-state index in [1.54, 1.807) is 0 Å². The molecule has 160 valence electrons. The van der Waals surface area contributed by atoms with E-state index in [9.17, 15) is 4.79 Å². The Morgan fingerprint density at radius 3 is 2.29 bits per heavy atom. The van der Waals surface area contributed by atoms with Crippen LogP contribution in [0.3, 0.4) is 0 Å². The van der Waals surface area contributed by atoms with E-state index in [0.29, 0.717) is 49.7 Å². The van der Waals surface area contributed by atoms with Crippen molar-refractivity contribution in [3.8, 4) is 16.9 Å². The maximum atomic E-state index is 13.5. The van der Waals surface area contributed by atoms with Crippen molar-refractivity contribution in [2.45, 2.75) is 25.6 Å². The summed E-state index contributed by atoms with van der Waals surface area (Å²) in [4.78, 5) is 15.4. The first-order valence-electron chi connectivity index (χ1n) is 10.7. The minimum Gasteiger partial charge on any atom is -0.347 e. The summed E-state index contributed by atoms with van der Waals surface area (Å²) in [6, 6.07) is 19.8. The number of rotatable bonds is 3. The molecule has 2 aliphatic heterocycles.